The van der Waals surface area contributed by atoms with Crippen molar-refractivity contribution >= 4 is 17.4 Å². The van der Waals surface area contributed by atoms with E-state index in [2.05, 4.69) is 17.6 Å². The summed E-state index contributed by atoms with van der Waals surface area (Å²) in [5.41, 5.74) is 2.86. The van der Waals surface area contributed by atoms with Crippen LogP contribution in [-0.4, -0.2) is 6.03 Å². The van der Waals surface area contributed by atoms with Gasteiger partial charge in [0, 0.05) is 5.69 Å². The summed E-state index contributed by atoms with van der Waals surface area (Å²) >= 11 is 0. The molecule has 0 bridgehead atoms. The number of hydrogen-bond donors (Lipinski definition) is 2. The van der Waals surface area contributed by atoms with Crippen molar-refractivity contribution in [2.24, 2.45) is 0 Å². The van der Waals surface area contributed by atoms with Crippen LogP contribution in [0.1, 0.15) is 18.1 Å². The molecule has 0 saturated heterocycles. The molecular weight excluding hydrogens is 250 g/mol. The second-order valence-electron chi connectivity index (χ2n) is 4.29. The van der Waals surface area contributed by atoms with Crippen molar-refractivity contribution in [3.63, 3.8) is 0 Å². The zero-order valence-corrected chi connectivity index (χ0v) is 11.2. The van der Waals surface area contributed by atoms with Crippen LogP contribution in [0.5, 0.6) is 0 Å². The number of anilines is 2. The largest absolute Gasteiger partial charge is 0.323 e. The molecule has 0 aliphatic heterocycles. The van der Waals surface area contributed by atoms with Gasteiger partial charge in [0.15, 0.2) is 0 Å². The lowest BCUT2D eigenvalue weighted by Gasteiger charge is -2.09. The Kier molecular flexibility index (Phi) is 4.35. The highest BCUT2D eigenvalue weighted by Gasteiger charge is 2.06. The van der Waals surface area contributed by atoms with Crippen LogP contribution in [0, 0.1) is 11.3 Å². The van der Waals surface area contributed by atoms with E-state index >= 15 is 0 Å². The quantitative estimate of drug-likeness (QED) is 0.887. The van der Waals surface area contributed by atoms with E-state index < -0.39 is 0 Å². The zero-order chi connectivity index (χ0) is 14.4. The number of para-hydroxylation sites is 1. The monoisotopic (exact) mass is 265 g/mol. The van der Waals surface area contributed by atoms with Crippen molar-refractivity contribution in [2.75, 3.05) is 10.6 Å². The Morgan fingerprint density at radius 1 is 1.10 bits per heavy atom. The maximum atomic E-state index is 11.9. The summed E-state index contributed by atoms with van der Waals surface area (Å²) in [6, 6.07) is 16.2. The number of nitriles is 1. The van der Waals surface area contributed by atoms with E-state index in [-0.39, 0.29) is 6.03 Å². The fourth-order valence-corrected chi connectivity index (χ4v) is 1.80. The highest BCUT2D eigenvalue weighted by atomic mass is 16.2. The number of nitrogens with zero attached hydrogens (tertiary/aromatic N) is 1. The Morgan fingerprint density at radius 2 is 1.80 bits per heavy atom. The first-order chi connectivity index (χ1) is 9.72. The van der Waals surface area contributed by atoms with Crippen LogP contribution in [0.15, 0.2) is 48.5 Å². The molecule has 0 atom stereocenters. The molecule has 20 heavy (non-hydrogen) atoms. The first-order valence-corrected chi connectivity index (χ1v) is 6.39. The second-order valence-corrected chi connectivity index (χ2v) is 4.29. The highest BCUT2D eigenvalue weighted by molar-refractivity contribution is 6.00. The molecule has 0 radical (unpaired) electrons. The van der Waals surface area contributed by atoms with Gasteiger partial charge < -0.3 is 10.6 Å². The molecule has 0 heterocycles. The molecule has 0 aliphatic carbocycles. The fraction of sp³-hybridized carbons (Fsp3) is 0.125. The third-order valence-corrected chi connectivity index (χ3v) is 2.92. The molecule has 4 nitrogen and oxygen atoms in total. The number of hydrogen-bond acceptors (Lipinski definition) is 2. The molecule has 0 saturated carbocycles. The van der Waals surface area contributed by atoms with Gasteiger partial charge in [-0.1, -0.05) is 31.2 Å². The third kappa shape index (κ3) is 3.36. The summed E-state index contributed by atoms with van der Waals surface area (Å²) in [6.07, 6.45) is 0.960. The number of carbonyl (C=O) groups excluding carboxylic acids is 1. The summed E-state index contributed by atoms with van der Waals surface area (Å²) in [5.74, 6) is 0. The molecule has 100 valence electrons. The molecular formula is C16H15N3O. The Labute approximate surface area is 118 Å². The molecule has 0 unspecified atom stereocenters. The minimum absolute atomic E-state index is 0.364. The van der Waals surface area contributed by atoms with Crippen LogP contribution < -0.4 is 10.6 Å². The van der Waals surface area contributed by atoms with E-state index in [0.29, 0.717) is 16.9 Å². The van der Waals surface area contributed by atoms with Gasteiger partial charge in [-0.3, -0.25) is 0 Å². The van der Waals surface area contributed by atoms with E-state index in [1.54, 1.807) is 24.3 Å². The lowest BCUT2D eigenvalue weighted by molar-refractivity contribution is 0.262. The SMILES string of the molecule is CCc1ccc(NC(=O)Nc2ccccc2C#N)cc1. The van der Waals surface area contributed by atoms with Gasteiger partial charge in [-0.05, 0) is 36.2 Å². The van der Waals surface area contributed by atoms with Crippen LogP contribution in [0.2, 0.25) is 0 Å². The van der Waals surface area contributed by atoms with Crippen LogP contribution in [0.4, 0.5) is 16.2 Å². The summed E-state index contributed by atoms with van der Waals surface area (Å²) < 4.78 is 0. The summed E-state index contributed by atoms with van der Waals surface area (Å²) in [5, 5.41) is 14.4. The molecule has 0 aliphatic rings. The molecule has 4 heteroatoms. The lowest BCUT2D eigenvalue weighted by atomic mass is 10.1. The molecule has 2 aromatic carbocycles. The van der Waals surface area contributed by atoms with Gasteiger partial charge in [0.25, 0.3) is 0 Å². The smallest absolute Gasteiger partial charge is 0.308 e. The maximum Gasteiger partial charge on any atom is 0.323 e. The zero-order valence-electron chi connectivity index (χ0n) is 11.2. The third-order valence-electron chi connectivity index (χ3n) is 2.92. The van der Waals surface area contributed by atoms with E-state index in [4.69, 9.17) is 5.26 Å². The number of amides is 2. The number of aryl methyl sites for hydroxylation is 1. The molecule has 2 rings (SSSR count). The first-order valence-electron chi connectivity index (χ1n) is 6.39. The van der Waals surface area contributed by atoms with Gasteiger partial charge in [-0.2, -0.15) is 5.26 Å². The average Bonchev–Trinajstić information content (AvgIpc) is 2.48. The van der Waals surface area contributed by atoms with Gasteiger partial charge in [-0.25, -0.2) is 4.79 Å². The van der Waals surface area contributed by atoms with Crippen LogP contribution in [-0.2, 0) is 6.42 Å². The number of rotatable bonds is 3. The Hall–Kier alpha value is -2.80. The molecule has 0 aromatic heterocycles. The number of urea groups is 1. The average molecular weight is 265 g/mol. The first kappa shape index (κ1) is 13.6. The van der Waals surface area contributed by atoms with Crippen molar-refractivity contribution in [1.29, 1.82) is 5.26 Å². The van der Waals surface area contributed by atoms with Gasteiger partial charge in [0.05, 0.1) is 11.3 Å². The Bertz CT molecular complexity index is 642. The number of nitrogens with one attached hydrogen (secondary N) is 2. The van der Waals surface area contributed by atoms with Crippen LogP contribution >= 0.6 is 0 Å². The molecule has 2 aromatic rings. The Morgan fingerprint density at radius 3 is 2.45 bits per heavy atom. The lowest BCUT2D eigenvalue weighted by Crippen LogP contribution is -2.19. The van der Waals surface area contributed by atoms with Crippen molar-refractivity contribution in [1.82, 2.24) is 0 Å². The van der Waals surface area contributed by atoms with E-state index in [9.17, 15) is 4.79 Å². The molecule has 2 N–H and O–H groups in total. The highest BCUT2D eigenvalue weighted by Crippen LogP contribution is 2.15. The topological polar surface area (TPSA) is 64.9 Å². The van der Waals surface area contributed by atoms with Crippen molar-refractivity contribution in [3.8, 4) is 6.07 Å². The van der Waals surface area contributed by atoms with Gasteiger partial charge in [-0.15, -0.1) is 0 Å². The van der Waals surface area contributed by atoms with Crippen LogP contribution in [0.25, 0.3) is 0 Å². The van der Waals surface area contributed by atoms with Gasteiger partial charge in [0.1, 0.15) is 6.07 Å². The predicted octanol–water partition coefficient (Wildman–Crippen LogP) is 3.76. The summed E-state index contributed by atoms with van der Waals surface area (Å²) in [4.78, 5) is 11.9. The summed E-state index contributed by atoms with van der Waals surface area (Å²) in [6.45, 7) is 2.08. The summed E-state index contributed by atoms with van der Waals surface area (Å²) in [7, 11) is 0. The predicted molar refractivity (Wildman–Crippen MR) is 79.6 cm³/mol. The standard InChI is InChI=1S/C16H15N3O/c1-2-12-7-9-14(10-8-12)18-16(20)19-15-6-4-3-5-13(15)11-17/h3-10H,2H2,1H3,(H2,18,19,20). The van der Waals surface area contributed by atoms with Crippen molar-refractivity contribution in [3.05, 3.63) is 59.7 Å². The number of benzene rings is 2. The van der Waals surface area contributed by atoms with E-state index in [1.807, 2.05) is 30.3 Å². The normalized spacial score (nSPS) is 9.60. The van der Waals surface area contributed by atoms with E-state index in [1.165, 1.54) is 5.56 Å². The van der Waals surface area contributed by atoms with Crippen LogP contribution in [0.3, 0.4) is 0 Å². The maximum absolute atomic E-state index is 11.9. The molecule has 0 spiro atoms. The van der Waals surface area contributed by atoms with Gasteiger partial charge >= 0.3 is 6.03 Å². The molecule has 0 fully saturated rings. The number of carbonyl (C=O) groups is 1. The van der Waals surface area contributed by atoms with Gasteiger partial charge in [0.2, 0.25) is 0 Å². The van der Waals surface area contributed by atoms with Crippen molar-refractivity contribution in [2.45, 2.75) is 13.3 Å². The van der Waals surface area contributed by atoms with E-state index in [0.717, 1.165) is 6.42 Å². The van der Waals surface area contributed by atoms with Crippen molar-refractivity contribution < 1.29 is 4.79 Å². The minimum atomic E-state index is -0.364. The molecule has 2 amide bonds. The second kappa shape index (κ2) is 6.39. The minimum Gasteiger partial charge on any atom is -0.308 e. The fourth-order valence-electron chi connectivity index (χ4n) is 1.80. The Balaban J connectivity index is 2.03.